The van der Waals surface area contributed by atoms with Gasteiger partial charge in [0.05, 0.1) is 17.6 Å². The predicted octanol–water partition coefficient (Wildman–Crippen LogP) is 1.51. The van der Waals surface area contributed by atoms with Crippen LogP contribution >= 0.6 is 11.3 Å². The molecule has 2 heterocycles. The van der Waals surface area contributed by atoms with Crippen LogP contribution in [0.3, 0.4) is 0 Å². The maximum Gasteiger partial charge on any atom is 0.278 e. The van der Waals surface area contributed by atoms with Crippen molar-refractivity contribution in [2.45, 2.75) is 44.2 Å². The van der Waals surface area contributed by atoms with Crippen molar-refractivity contribution in [3.8, 4) is 16.8 Å². The quantitative estimate of drug-likeness (QED) is 0.663. The minimum absolute atomic E-state index is 0.0439. The summed E-state index contributed by atoms with van der Waals surface area (Å²) in [6.45, 7) is 1.83. The van der Waals surface area contributed by atoms with Crippen molar-refractivity contribution in [3.05, 3.63) is 23.4 Å². The molecule has 0 aromatic carbocycles. The fourth-order valence-electron chi connectivity index (χ4n) is 3.75. The van der Waals surface area contributed by atoms with E-state index in [1.165, 1.54) is 0 Å². The van der Waals surface area contributed by atoms with E-state index in [0.717, 1.165) is 41.9 Å². The summed E-state index contributed by atoms with van der Waals surface area (Å²) in [4.78, 5) is 16.6. The number of nitrogens with one attached hydrogen (secondary N) is 1. The molecule has 1 saturated carbocycles. The number of hydrogen-bond donors (Lipinski definition) is 1. The number of quaternary nitrogens is 1. The fraction of sp³-hybridized carbons (Fsp3) is 0.600. The highest BCUT2D eigenvalue weighted by atomic mass is 32.1. The van der Waals surface area contributed by atoms with E-state index < -0.39 is 5.54 Å². The van der Waals surface area contributed by atoms with Gasteiger partial charge in [0.2, 0.25) is 0 Å². The first-order chi connectivity index (χ1) is 14.1. The van der Waals surface area contributed by atoms with Crippen LogP contribution in [0.5, 0.6) is 0 Å². The zero-order valence-electron chi connectivity index (χ0n) is 17.0. The van der Waals surface area contributed by atoms with Crippen molar-refractivity contribution in [3.63, 3.8) is 0 Å². The molecule has 0 saturated heterocycles. The van der Waals surface area contributed by atoms with E-state index in [-0.39, 0.29) is 12.5 Å². The molecule has 2 aromatic rings. The summed E-state index contributed by atoms with van der Waals surface area (Å²) in [5, 5.41) is 20.0. The predicted molar refractivity (Wildman–Crippen MR) is 108 cm³/mol. The van der Waals surface area contributed by atoms with Crippen molar-refractivity contribution in [2.75, 3.05) is 33.9 Å². The second-order valence-electron chi connectivity index (χ2n) is 7.48. The molecule has 2 aromatic heterocycles. The average Bonchev–Trinajstić information content (AvgIpc) is 3.43. The minimum Gasteiger partial charge on any atom is -0.414 e. The Hall–Kier alpha value is -2.28. The summed E-state index contributed by atoms with van der Waals surface area (Å²) < 4.78 is 11.0. The molecule has 0 bridgehead atoms. The number of methoxy groups -OCH3 is 1. The van der Waals surface area contributed by atoms with Gasteiger partial charge in [-0.15, -0.1) is 21.5 Å². The van der Waals surface area contributed by atoms with E-state index in [2.05, 4.69) is 16.3 Å². The first-order valence-corrected chi connectivity index (χ1v) is 10.8. The number of nitrogens with zero attached hydrogens (tertiary/aromatic N) is 4. The van der Waals surface area contributed by atoms with E-state index >= 15 is 0 Å². The largest absolute Gasteiger partial charge is 0.414 e. The Kier molecular flexibility index (Phi) is 7.36. The molecule has 1 amide bonds. The highest BCUT2D eigenvalue weighted by Gasteiger charge is 2.39. The molecule has 3 rings (SSSR count). The lowest BCUT2D eigenvalue weighted by molar-refractivity contribution is -0.907. The number of carbonyl (C=O) groups is 1. The summed E-state index contributed by atoms with van der Waals surface area (Å²) in [6, 6.07) is 6.28. The molecule has 156 valence electrons. The molecule has 1 fully saturated rings. The molecule has 1 atom stereocenters. The second-order valence-corrected chi connectivity index (χ2v) is 8.43. The molecule has 1 aliphatic carbocycles. The van der Waals surface area contributed by atoms with Gasteiger partial charge in [-0.05, 0) is 24.3 Å². The van der Waals surface area contributed by atoms with Crippen LogP contribution in [0.4, 0.5) is 0 Å². The number of carbonyl (C=O) groups excluding carboxylic acids is 1. The summed E-state index contributed by atoms with van der Waals surface area (Å²) in [5.41, 5.74) is -0.682. The van der Waals surface area contributed by atoms with Gasteiger partial charge in [-0.1, -0.05) is 25.3 Å². The Balaban J connectivity index is 1.67. The number of ether oxygens (including phenoxy) is 1. The van der Waals surface area contributed by atoms with Gasteiger partial charge in [-0.3, -0.25) is 4.79 Å². The molecule has 29 heavy (non-hydrogen) atoms. The Bertz CT molecular complexity index is 824. The van der Waals surface area contributed by atoms with Gasteiger partial charge < -0.3 is 19.0 Å². The normalized spacial score (nSPS) is 16.9. The zero-order chi connectivity index (χ0) is 20.7. The third-order valence-electron chi connectivity index (χ3n) is 5.57. The Morgan fingerprint density at radius 3 is 2.86 bits per heavy atom. The van der Waals surface area contributed by atoms with Crippen LogP contribution in [-0.2, 0) is 16.1 Å². The molecular formula is C20H28N5O3S+. The summed E-state index contributed by atoms with van der Waals surface area (Å²) >= 11 is 1.54. The lowest BCUT2D eigenvalue weighted by Crippen LogP contribution is -3.12. The Morgan fingerprint density at radius 1 is 1.41 bits per heavy atom. The van der Waals surface area contributed by atoms with E-state index in [0.29, 0.717) is 31.5 Å². The van der Waals surface area contributed by atoms with Crippen LogP contribution in [0.15, 0.2) is 21.9 Å². The minimum atomic E-state index is -0.682. The lowest BCUT2D eigenvalue weighted by atomic mass is 9.81. The third kappa shape index (κ3) is 5.21. The number of rotatable bonds is 9. The highest BCUT2D eigenvalue weighted by molar-refractivity contribution is 7.13. The molecule has 0 aliphatic heterocycles. The molecule has 9 heteroatoms. The van der Waals surface area contributed by atoms with Gasteiger partial charge in [-0.25, -0.2) is 0 Å². The van der Waals surface area contributed by atoms with Crippen LogP contribution in [0, 0.1) is 11.3 Å². The van der Waals surface area contributed by atoms with Crippen molar-refractivity contribution < 1.29 is 18.8 Å². The molecule has 8 nitrogen and oxygen atoms in total. The van der Waals surface area contributed by atoms with E-state index in [4.69, 9.17) is 9.15 Å². The first-order valence-electron chi connectivity index (χ1n) is 9.94. The zero-order valence-corrected chi connectivity index (χ0v) is 17.8. The smallest absolute Gasteiger partial charge is 0.278 e. The molecular weight excluding hydrogens is 390 g/mol. The first kappa shape index (κ1) is 21.4. The van der Waals surface area contributed by atoms with Crippen molar-refractivity contribution >= 4 is 17.2 Å². The maximum absolute atomic E-state index is 13.0. The van der Waals surface area contributed by atoms with Crippen LogP contribution < -0.4 is 4.90 Å². The number of thiophene rings is 1. The van der Waals surface area contributed by atoms with Crippen LogP contribution in [0.1, 0.15) is 38.0 Å². The monoisotopic (exact) mass is 418 g/mol. The van der Waals surface area contributed by atoms with Crippen LogP contribution in [-0.4, -0.2) is 60.4 Å². The number of likely N-dealkylation sites (N-methyl/N-ethyl adjacent to an activating group) is 1. The standard InChI is InChI=1S/C20H27N5O3S/c1-24(20(15-21)8-4-3-5-9-20)18(26)14-25(10-11-27-2)13-17-22-23-19(28-17)16-7-6-12-29-16/h6-7,12H,3-5,8-11,13-14H2,1-2H3/p+1. The van der Waals surface area contributed by atoms with Gasteiger partial charge >= 0.3 is 0 Å². The van der Waals surface area contributed by atoms with Crippen molar-refractivity contribution in [1.29, 1.82) is 5.26 Å². The topological polar surface area (TPSA) is 96.7 Å². The van der Waals surface area contributed by atoms with Gasteiger partial charge in [-0.2, -0.15) is 5.26 Å². The Labute approximate surface area is 175 Å². The molecule has 0 radical (unpaired) electrons. The van der Waals surface area contributed by atoms with Crippen molar-refractivity contribution in [1.82, 2.24) is 15.1 Å². The number of amides is 1. The second kappa shape index (κ2) is 9.96. The average molecular weight is 419 g/mol. The van der Waals surface area contributed by atoms with Gasteiger partial charge in [0.15, 0.2) is 13.1 Å². The summed E-state index contributed by atoms with van der Waals surface area (Å²) in [6.07, 6.45) is 4.58. The van der Waals surface area contributed by atoms with Gasteiger partial charge in [0, 0.05) is 14.2 Å². The van der Waals surface area contributed by atoms with E-state index in [1.54, 1.807) is 30.4 Å². The fourth-order valence-corrected chi connectivity index (χ4v) is 4.40. The third-order valence-corrected chi connectivity index (χ3v) is 6.42. The molecule has 1 aliphatic rings. The highest BCUT2D eigenvalue weighted by Crippen LogP contribution is 2.32. The van der Waals surface area contributed by atoms with Crippen LogP contribution in [0.2, 0.25) is 0 Å². The molecule has 0 spiro atoms. The van der Waals surface area contributed by atoms with Crippen molar-refractivity contribution in [2.24, 2.45) is 0 Å². The summed E-state index contributed by atoms with van der Waals surface area (Å²) in [5.74, 6) is 0.940. The number of aromatic nitrogens is 2. The van der Waals surface area contributed by atoms with Gasteiger partial charge in [0.25, 0.3) is 17.7 Å². The molecule has 1 N–H and O–H groups in total. The molecule has 1 unspecified atom stereocenters. The SMILES string of the molecule is COCC[NH+](CC(=O)N(C)C1(C#N)CCCCC1)Cc1nnc(-c2cccs2)o1. The maximum atomic E-state index is 13.0. The van der Waals surface area contributed by atoms with E-state index in [1.807, 2.05) is 17.5 Å². The number of nitriles is 1. The summed E-state index contributed by atoms with van der Waals surface area (Å²) in [7, 11) is 3.40. The van der Waals surface area contributed by atoms with Gasteiger partial charge in [0.1, 0.15) is 12.1 Å². The van der Waals surface area contributed by atoms with E-state index in [9.17, 15) is 10.1 Å². The lowest BCUT2D eigenvalue weighted by Gasteiger charge is -2.39. The van der Waals surface area contributed by atoms with Crippen LogP contribution in [0.25, 0.3) is 10.8 Å². The Morgan fingerprint density at radius 2 is 2.21 bits per heavy atom. The number of hydrogen-bond acceptors (Lipinski definition) is 7.